The topological polar surface area (TPSA) is 38.0 Å². The predicted octanol–water partition coefficient (Wildman–Crippen LogP) is 3.73. The zero-order valence-electron chi connectivity index (χ0n) is 9.29. The molecule has 1 rings (SSSR count). The fraction of sp³-hybridized carbons (Fsp3) is 0.636. The van der Waals surface area contributed by atoms with Gasteiger partial charge in [-0.3, -0.25) is 11.3 Å². The Morgan fingerprint density at radius 2 is 2.20 bits per heavy atom. The largest absolute Gasteiger partial charge is 0.271 e. The summed E-state index contributed by atoms with van der Waals surface area (Å²) in [5, 5.41) is 2.83. The molecular weight excluding hydrogens is 228 g/mol. The minimum absolute atomic E-state index is 0.205. The van der Waals surface area contributed by atoms with Gasteiger partial charge in [-0.15, -0.1) is 11.3 Å². The van der Waals surface area contributed by atoms with Gasteiger partial charge in [-0.2, -0.15) is 0 Å². The molecule has 1 unspecified atom stereocenters. The van der Waals surface area contributed by atoms with Crippen LogP contribution in [0.2, 0.25) is 5.02 Å². The Bertz CT molecular complexity index is 286. The van der Waals surface area contributed by atoms with Gasteiger partial charge >= 0.3 is 0 Å². The molecule has 0 bridgehead atoms. The summed E-state index contributed by atoms with van der Waals surface area (Å²) in [6, 6.07) is 2.13. The summed E-state index contributed by atoms with van der Waals surface area (Å²) in [6.07, 6.45) is 3.47. The summed E-state index contributed by atoms with van der Waals surface area (Å²) in [4.78, 5) is 1.16. The molecule has 1 aromatic rings. The third kappa shape index (κ3) is 4.11. The van der Waals surface area contributed by atoms with Crippen LogP contribution in [0, 0.1) is 5.92 Å². The van der Waals surface area contributed by atoms with Crippen LogP contribution < -0.4 is 11.3 Å². The molecule has 0 saturated heterocycles. The van der Waals surface area contributed by atoms with E-state index in [0.29, 0.717) is 0 Å². The summed E-state index contributed by atoms with van der Waals surface area (Å²) in [5.41, 5.74) is 2.84. The van der Waals surface area contributed by atoms with Crippen LogP contribution >= 0.6 is 22.9 Å². The smallest absolute Gasteiger partial charge is 0.0568 e. The summed E-state index contributed by atoms with van der Waals surface area (Å²) >= 11 is 7.74. The highest BCUT2D eigenvalue weighted by atomic mass is 35.5. The van der Waals surface area contributed by atoms with Crippen molar-refractivity contribution in [1.82, 2.24) is 5.43 Å². The van der Waals surface area contributed by atoms with E-state index in [1.807, 2.05) is 11.4 Å². The van der Waals surface area contributed by atoms with Gasteiger partial charge in [0.25, 0.3) is 0 Å². The van der Waals surface area contributed by atoms with Crippen molar-refractivity contribution in [3.8, 4) is 0 Å². The third-order valence-electron chi connectivity index (χ3n) is 2.44. The minimum Gasteiger partial charge on any atom is -0.271 e. The second-order valence-electron chi connectivity index (χ2n) is 4.18. The first kappa shape index (κ1) is 13.0. The lowest BCUT2D eigenvalue weighted by atomic mass is 10.0. The van der Waals surface area contributed by atoms with E-state index < -0.39 is 0 Å². The fourth-order valence-electron chi connectivity index (χ4n) is 1.57. The number of hydrogen-bond donors (Lipinski definition) is 2. The molecule has 1 aromatic heterocycles. The van der Waals surface area contributed by atoms with Crippen molar-refractivity contribution in [2.24, 2.45) is 11.8 Å². The van der Waals surface area contributed by atoms with Crippen LogP contribution in [0.25, 0.3) is 0 Å². The Morgan fingerprint density at radius 1 is 1.47 bits per heavy atom. The van der Waals surface area contributed by atoms with E-state index in [4.69, 9.17) is 17.4 Å². The molecule has 4 heteroatoms. The first-order valence-corrected chi connectivity index (χ1v) is 6.60. The highest BCUT2D eigenvalue weighted by Gasteiger charge is 2.14. The van der Waals surface area contributed by atoms with Gasteiger partial charge < -0.3 is 0 Å². The number of nitrogens with two attached hydrogens (primary N) is 1. The minimum atomic E-state index is 0.205. The Kier molecular flexibility index (Phi) is 5.61. The number of halogens is 1. The molecule has 0 aromatic carbocycles. The van der Waals surface area contributed by atoms with Crippen LogP contribution in [0.4, 0.5) is 0 Å². The van der Waals surface area contributed by atoms with Crippen molar-refractivity contribution in [1.29, 1.82) is 0 Å². The molecule has 0 saturated carbocycles. The van der Waals surface area contributed by atoms with E-state index in [1.54, 1.807) is 11.3 Å². The normalized spacial score (nSPS) is 13.4. The molecular formula is C11H19ClN2S. The maximum atomic E-state index is 6.07. The van der Waals surface area contributed by atoms with E-state index in [-0.39, 0.29) is 6.04 Å². The number of rotatable bonds is 6. The monoisotopic (exact) mass is 246 g/mol. The van der Waals surface area contributed by atoms with Gasteiger partial charge in [-0.25, -0.2) is 0 Å². The molecule has 0 fully saturated rings. The third-order valence-corrected chi connectivity index (χ3v) is 3.91. The van der Waals surface area contributed by atoms with Crippen molar-refractivity contribution in [3.05, 3.63) is 21.3 Å². The molecule has 86 valence electrons. The average molecular weight is 247 g/mol. The lowest BCUT2D eigenvalue weighted by Crippen LogP contribution is -2.27. The van der Waals surface area contributed by atoms with Crippen LogP contribution in [0.1, 0.15) is 44.0 Å². The molecule has 0 amide bonds. The molecule has 0 spiro atoms. The standard InChI is InChI=1S/C11H19ClN2S/c1-8(2)4-3-5-10(14-13)11-9(12)6-7-15-11/h6-8,10,14H,3-5,13H2,1-2H3. The first-order chi connectivity index (χ1) is 7.15. The molecule has 3 N–H and O–H groups in total. The molecule has 1 heterocycles. The van der Waals surface area contributed by atoms with E-state index in [1.165, 1.54) is 12.8 Å². The maximum Gasteiger partial charge on any atom is 0.0568 e. The highest BCUT2D eigenvalue weighted by Crippen LogP contribution is 2.31. The number of nitrogens with one attached hydrogen (secondary N) is 1. The van der Waals surface area contributed by atoms with Gasteiger partial charge in [0.1, 0.15) is 0 Å². The Hall–Kier alpha value is -0.0900. The lowest BCUT2D eigenvalue weighted by molar-refractivity contribution is 0.459. The van der Waals surface area contributed by atoms with Crippen LogP contribution in [0.3, 0.4) is 0 Å². The van der Waals surface area contributed by atoms with Crippen molar-refractivity contribution in [2.45, 2.75) is 39.2 Å². The van der Waals surface area contributed by atoms with Gasteiger partial charge in [0.05, 0.1) is 11.1 Å². The average Bonchev–Trinajstić information content (AvgIpc) is 2.59. The quantitative estimate of drug-likeness (QED) is 0.593. The summed E-state index contributed by atoms with van der Waals surface area (Å²) in [7, 11) is 0. The Morgan fingerprint density at radius 3 is 2.67 bits per heavy atom. The number of thiophene rings is 1. The second kappa shape index (κ2) is 6.48. The van der Waals surface area contributed by atoms with Gasteiger partial charge in [0.2, 0.25) is 0 Å². The van der Waals surface area contributed by atoms with Gasteiger partial charge in [-0.05, 0) is 23.8 Å². The molecule has 0 aliphatic rings. The van der Waals surface area contributed by atoms with E-state index >= 15 is 0 Å². The van der Waals surface area contributed by atoms with E-state index in [0.717, 1.165) is 22.2 Å². The highest BCUT2D eigenvalue weighted by molar-refractivity contribution is 7.10. The fourth-order valence-corrected chi connectivity index (χ4v) is 2.86. The summed E-state index contributed by atoms with van der Waals surface area (Å²) in [6.45, 7) is 4.48. The van der Waals surface area contributed by atoms with Gasteiger partial charge in [0.15, 0.2) is 0 Å². The van der Waals surface area contributed by atoms with Crippen molar-refractivity contribution >= 4 is 22.9 Å². The zero-order chi connectivity index (χ0) is 11.3. The molecule has 0 aliphatic heterocycles. The SMILES string of the molecule is CC(C)CCCC(NN)c1sccc1Cl. The molecule has 2 nitrogen and oxygen atoms in total. The van der Waals surface area contributed by atoms with Crippen molar-refractivity contribution in [2.75, 3.05) is 0 Å². The maximum absolute atomic E-state index is 6.07. The predicted molar refractivity (Wildman–Crippen MR) is 68.1 cm³/mol. The van der Waals surface area contributed by atoms with Crippen molar-refractivity contribution < 1.29 is 0 Å². The van der Waals surface area contributed by atoms with Gasteiger partial charge in [-0.1, -0.05) is 38.3 Å². The molecule has 1 atom stereocenters. The summed E-state index contributed by atoms with van der Waals surface area (Å²) in [5.74, 6) is 6.30. The second-order valence-corrected chi connectivity index (χ2v) is 5.53. The first-order valence-electron chi connectivity index (χ1n) is 5.34. The molecule has 15 heavy (non-hydrogen) atoms. The Balaban J connectivity index is 2.46. The number of hydrazine groups is 1. The van der Waals surface area contributed by atoms with E-state index in [9.17, 15) is 0 Å². The van der Waals surface area contributed by atoms with Crippen molar-refractivity contribution in [3.63, 3.8) is 0 Å². The van der Waals surface area contributed by atoms with Crippen LogP contribution in [-0.4, -0.2) is 0 Å². The van der Waals surface area contributed by atoms with Gasteiger partial charge in [0, 0.05) is 4.88 Å². The summed E-state index contributed by atoms with van der Waals surface area (Å²) < 4.78 is 0. The lowest BCUT2D eigenvalue weighted by Gasteiger charge is -2.15. The van der Waals surface area contributed by atoms with E-state index in [2.05, 4.69) is 19.3 Å². The molecule has 0 radical (unpaired) electrons. The molecule has 0 aliphatic carbocycles. The Labute approximate surface area is 101 Å². The van der Waals surface area contributed by atoms with Crippen LogP contribution in [-0.2, 0) is 0 Å². The van der Waals surface area contributed by atoms with Crippen LogP contribution in [0.15, 0.2) is 11.4 Å². The number of hydrogen-bond acceptors (Lipinski definition) is 3. The zero-order valence-corrected chi connectivity index (χ0v) is 10.9. The van der Waals surface area contributed by atoms with Crippen LogP contribution in [0.5, 0.6) is 0 Å².